The highest BCUT2D eigenvalue weighted by Crippen LogP contribution is 2.27. The Morgan fingerprint density at radius 2 is 1.89 bits per heavy atom. The quantitative estimate of drug-likeness (QED) is 0.727. The number of halogens is 1. The summed E-state index contributed by atoms with van der Waals surface area (Å²) >= 11 is 6.23. The lowest BCUT2D eigenvalue weighted by Crippen LogP contribution is -2.37. The van der Waals surface area contributed by atoms with Crippen LogP contribution in [0.2, 0.25) is 5.02 Å². The van der Waals surface area contributed by atoms with Crippen LogP contribution in [0.5, 0.6) is 0 Å². The second-order valence-electron chi connectivity index (χ2n) is 7.40. The minimum Gasteiger partial charge on any atom is -0.366 e. The molecule has 1 aromatic heterocycles. The Bertz CT molecular complexity index is 858. The number of rotatable bonds is 7. The molecule has 6 nitrogen and oxygen atoms in total. The fourth-order valence-electron chi connectivity index (χ4n) is 3.29. The van der Waals surface area contributed by atoms with Gasteiger partial charge >= 0.3 is 0 Å². The molecule has 1 fully saturated rings. The van der Waals surface area contributed by atoms with E-state index in [2.05, 4.69) is 15.1 Å². The predicted molar refractivity (Wildman–Crippen MR) is 110 cm³/mol. The molecule has 3 rings (SSSR count). The first-order valence-electron chi connectivity index (χ1n) is 9.41. The number of hydrogen-bond donors (Lipinski definition) is 2. The zero-order valence-corrected chi connectivity index (χ0v) is 17.3. The third kappa shape index (κ3) is 5.24. The van der Waals surface area contributed by atoms with Gasteiger partial charge in [0.15, 0.2) is 0 Å². The average Bonchev–Trinajstić information content (AvgIpc) is 3.09. The van der Waals surface area contributed by atoms with Crippen molar-refractivity contribution in [2.75, 3.05) is 11.9 Å². The van der Waals surface area contributed by atoms with E-state index in [0.717, 1.165) is 37.2 Å². The number of para-hydroxylation sites is 1. The van der Waals surface area contributed by atoms with Crippen LogP contribution in [0.25, 0.3) is 5.69 Å². The van der Waals surface area contributed by atoms with Gasteiger partial charge in [-0.1, -0.05) is 23.7 Å². The molecule has 0 spiro atoms. The van der Waals surface area contributed by atoms with Crippen molar-refractivity contribution >= 4 is 27.4 Å². The number of aromatic nitrogens is 2. The number of hydrogen-bond acceptors (Lipinski definition) is 4. The monoisotopic (exact) mass is 410 g/mol. The first kappa shape index (κ1) is 20.2. The summed E-state index contributed by atoms with van der Waals surface area (Å²) in [4.78, 5) is 0. The minimum absolute atomic E-state index is 0.359. The van der Waals surface area contributed by atoms with E-state index < -0.39 is 10.0 Å². The SMILES string of the molecule is CC(C)S(=O)(=O)NC[C@H]1CC[C@H](Nc2ccn(-c3ccccc3Cl)n2)CC1. The van der Waals surface area contributed by atoms with Gasteiger partial charge in [0.1, 0.15) is 5.82 Å². The lowest BCUT2D eigenvalue weighted by atomic mass is 9.86. The van der Waals surface area contributed by atoms with Crippen LogP contribution in [-0.4, -0.2) is 36.0 Å². The lowest BCUT2D eigenvalue weighted by molar-refractivity contribution is 0.336. The van der Waals surface area contributed by atoms with Crippen LogP contribution in [-0.2, 0) is 10.0 Å². The van der Waals surface area contributed by atoms with Crippen molar-refractivity contribution in [3.63, 3.8) is 0 Å². The summed E-state index contributed by atoms with van der Waals surface area (Å²) in [5, 5.41) is 8.34. The molecule has 1 aliphatic carbocycles. The Hall–Kier alpha value is -1.57. The van der Waals surface area contributed by atoms with E-state index in [9.17, 15) is 8.42 Å². The Kier molecular flexibility index (Phi) is 6.44. The maximum atomic E-state index is 11.9. The summed E-state index contributed by atoms with van der Waals surface area (Å²) < 4.78 is 28.3. The normalized spacial score (nSPS) is 20.7. The van der Waals surface area contributed by atoms with Crippen molar-refractivity contribution in [1.82, 2.24) is 14.5 Å². The maximum Gasteiger partial charge on any atom is 0.213 e. The summed E-state index contributed by atoms with van der Waals surface area (Å²) in [5.74, 6) is 1.23. The van der Waals surface area contributed by atoms with E-state index >= 15 is 0 Å². The van der Waals surface area contributed by atoms with Crippen molar-refractivity contribution in [3.05, 3.63) is 41.6 Å². The summed E-state index contributed by atoms with van der Waals surface area (Å²) in [7, 11) is -3.18. The van der Waals surface area contributed by atoms with E-state index in [-0.39, 0.29) is 5.25 Å². The van der Waals surface area contributed by atoms with Crippen molar-refractivity contribution in [3.8, 4) is 5.69 Å². The van der Waals surface area contributed by atoms with Crippen LogP contribution >= 0.6 is 11.6 Å². The third-order valence-electron chi connectivity index (χ3n) is 5.08. The summed E-state index contributed by atoms with van der Waals surface area (Å²) in [6.07, 6.45) is 5.92. The Balaban J connectivity index is 1.49. The van der Waals surface area contributed by atoms with Crippen LogP contribution in [0.3, 0.4) is 0 Å². The van der Waals surface area contributed by atoms with Gasteiger partial charge in [-0.2, -0.15) is 5.10 Å². The highest BCUT2D eigenvalue weighted by atomic mass is 35.5. The molecule has 0 aliphatic heterocycles. The van der Waals surface area contributed by atoms with E-state index in [1.165, 1.54) is 0 Å². The molecule has 1 saturated carbocycles. The lowest BCUT2D eigenvalue weighted by Gasteiger charge is -2.29. The molecule has 0 amide bonds. The molecular weight excluding hydrogens is 384 g/mol. The zero-order chi connectivity index (χ0) is 19.4. The number of sulfonamides is 1. The Morgan fingerprint density at radius 1 is 1.19 bits per heavy atom. The molecule has 27 heavy (non-hydrogen) atoms. The topological polar surface area (TPSA) is 76.0 Å². The number of anilines is 1. The van der Waals surface area contributed by atoms with Gasteiger partial charge < -0.3 is 5.32 Å². The molecule has 148 valence electrons. The van der Waals surface area contributed by atoms with Crippen LogP contribution in [0.1, 0.15) is 39.5 Å². The maximum absolute atomic E-state index is 11.9. The molecule has 0 bridgehead atoms. The van der Waals surface area contributed by atoms with E-state index in [1.54, 1.807) is 18.5 Å². The molecule has 8 heteroatoms. The molecular formula is C19H27ClN4O2S. The van der Waals surface area contributed by atoms with E-state index in [4.69, 9.17) is 11.6 Å². The molecule has 0 unspecified atom stereocenters. The number of nitrogens with zero attached hydrogens (tertiary/aromatic N) is 2. The van der Waals surface area contributed by atoms with Gasteiger partial charge in [-0.25, -0.2) is 17.8 Å². The first-order chi connectivity index (χ1) is 12.8. The summed E-state index contributed by atoms with van der Waals surface area (Å²) in [5.41, 5.74) is 0.855. The second-order valence-corrected chi connectivity index (χ2v) is 10.1. The van der Waals surface area contributed by atoms with Gasteiger partial charge in [-0.15, -0.1) is 0 Å². The van der Waals surface area contributed by atoms with E-state index in [0.29, 0.717) is 23.5 Å². The van der Waals surface area contributed by atoms with Crippen LogP contribution < -0.4 is 10.0 Å². The largest absolute Gasteiger partial charge is 0.366 e. The molecule has 1 heterocycles. The molecule has 2 aromatic rings. The van der Waals surface area contributed by atoms with Gasteiger partial charge in [0.05, 0.1) is 16.0 Å². The Morgan fingerprint density at radius 3 is 2.56 bits per heavy atom. The van der Waals surface area contributed by atoms with Crippen LogP contribution in [0, 0.1) is 5.92 Å². The smallest absolute Gasteiger partial charge is 0.213 e. The highest BCUT2D eigenvalue weighted by molar-refractivity contribution is 7.90. The number of benzene rings is 1. The van der Waals surface area contributed by atoms with Crippen molar-refractivity contribution in [2.24, 2.45) is 5.92 Å². The van der Waals surface area contributed by atoms with Crippen molar-refractivity contribution in [1.29, 1.82) is 0 Å². The summed E-state index contributed by atoms with van der Waals surface area (Å²) in [6, 6.07) is 9.92. The fraction of sp³-hybridized carbons (Fsp3) is 0.526. The van der Waals surface area contributed by atoms with Crippen molar-refractivity contribution in [2.45, 2.75) is 50.8 Å². The molecule has 1 aliphatic rings. The zero-order valence-electron chi connectivity index (χ0n) is 15.7. The van der Waals surface area contributed by atoms with Gasteiger partial charge in [0, 0.05) is 24.8 Å². The average molecular weight is 411 g/mol. The number of nitrogens with one attached hydrogen (secondary N) is 2. The molecule has 2 N–H and O–H groups in total. The predicted octanol–water partition coefficient (Wildman–Crippen LogP) is 3.82. The molecule has 0 atom stereocenters. The highest BCUT2D eigenvalue weighted by Gasteiger charge is 2.24. The second kappa shape index (κ2) is 8.63. The summed E-state index contributed by atoms with van der Waals surface area (Å²) in [6.45, 7) is 3.93. The minimum atomic E-state index is -3.18. The Labute approximate surface area is 166 Å². The van der Waals surface area contributed by atoms with Crippen LogP contribution in [0.15, 0.2) is 36.5 Å². The van der Waals surface area contributed by atoms with Gasteiger partial charge in [-0.05, 0) is 57.6 Å². The van der Waals surface area contributed by atoms with Crippen LogP contribution in [0.4, 0.5) is 5.82 Å². The third-order valence-corrected chi connectivity index (χ3v) is 7.21. The van der Waals surface area contributed by atoms with Gasteiger partial charge in [0.25, 0.3) is 0 Å². The molecule has 1 aromatic carbocycles. The molecule has 0 saturated heterocycles. The molecule has 0 radical (unpaired) electrons. The first-order valence-corrected chi connectivity index (χ1v) is 11.3. The standard InChI is InChI=1S/C19H27ClN4O2S/c1-14(2)27(25,26)21-13-15-7-9-16(10-8-15)22-19-11-12-24(23-19)18-6-4-3-5-17(18)20/h3-6,11-12,14-16,21H,7-10,13H2,1-2H3,(H,22,23)/t15-,16-. The fourth-order valence-corrected chi connectivity index (χ4v) is 4.32. The van der Waals surface area contributed by atoms with Crippen molar-refractivity contribution < 1.29 is 8.42 Å². The van der Waals surface area contributed by atoms with Gasteiger partial charge in [-0.3, -0.25) is 0 Å². The van der Waals surface area contributed by atoms with E-state index in [1.807, 2.05) is 36.5 Å². The van der Waals surface area contributed by atoms with Gasteiger partial charge in [0.2, 0.25) is 10.0 Å².